The minimum atomic E-state index is -3.87. The minimum Gasteiger partial charge on any atom is -0.490 e. The summed E-state index contributed by atoms with van der Waals surface area (Å²) in [7, 11) is -3.87. The first-order valence-electron chi connectivity index (χ1n) is 9.77. The Balaban J connectivity index is 1.70. The van der Waals surface area contributed by atoms with E-state index in [9.17, 15) is 13.2 Å². The van der Waals surface area contributed by atoms with E-state index in [0.29, 0.717) is 22.7 Å². The number of nitrogens with one attached hydrogen (secondary N) is 3. The van der Waals surface area contributed by atoms with E-state index in [0.717, 1.165) is 13.0 Å². The summed E-state index contributed by atoms with van der Waals surface area (Å²) in [4.78, 5) is 16.9. The number of pyridine rings is 1. The number of ether oxygens (including phenoxy) is 1. The number of carbonyl (C=O) groups excluding carboxylic acids is 1. The Hall–Kier alpha value is -3.34. The fourth-order valence-electron chi connectivity index (χ4n) is 2.93. The summed E-state index contributed by atoms with van der Waals surface area (Å²) < 4.78 is 35.1. The monoisotopic (exact) mass is 446 g/mol. The van der Waals surface area contributed by atoms with E-state index in [2.05, 4.69) is 24.7 Å². The Bertz CT molecular complexity index is 1110. The molecule has 1 aliphatic heterocycles. The second-order valence-electron chi connectivity index (χ2n) is 7.72. The largest absolute Gasteiger partial charge is 0.490 e. The van der Waals surface area contributed by atoms with Gasteiger partial charge in [-0.1, -0.05) is 13.0 Å². The summed E-state index contributed by atoms with van der Waals surface area (Å²) in [5.74, 6) is 0.574. The number of hydrogen-bond acceptors (Lipinski definition) is 7. The van der Waals surface area contributed by atoms with Crippen LogP contribution in [0.5, 0.6) is 5.75 Å². The number of rotatable bonds is 8. The zero-order valence-electron chi connectivity index (χ0n) is 17.6. The molecule has 1 aliphatic rings. The second kappa shape index (κ2) is 8.80. The van der Waals surface area contributed by atoms with E-state index < -0.39 is 15.7 Å². The minimum absolute atomic E-state index is 0.112. The van der Waals surface area contributed by atoms with Gasteiger partial charge in [0.05, 0.1) is 16.8 Å². The number of benzene rings is 1. The molecule has 2 aromatic rings. The summed E-state index contributed by atoms with van der Waals surface area (Å²) in [6, 6.07) is 8.21. The molecule has 166 valence electrons. The third-order valence-electron chi connectivity index (χ3n) is 4.36. The van der Waals surface area contributed by atoms with Crippen molar-refractivity contribution in [3.05, 3.63) is 47.7 Å². The van der Waals surface area contributed by atoms with Gasteiger partial charge in [0.15, 0.2) is 5.84 Å². The molecule has 11 heteroatoms. The van der Waals surface area contributed by atoms with Crippen LogP contribution in [0.2, 0.25) is 0 Å². The normalized spacial score (nSPS) is 14.6. The molecule has 31 heavy (non-hydrogen) atoms. The third-order valence-corrected chi connectivity index (χ3v) is 5.27. The molecule has 0 fully saturated rings. The van der Waals surface area contributed by atoms with Gasteiger partial charge in [-0.15, -0.1) is 4.40 Å². The molecule has 0 saturated heterocycles. The van der Waals surface area contributed by atoms with Crippen LogP contribution in [0.15, 0.2) is 40.9 Å². The van der Waals surface area contributed by atoms with Gasteiger partial charge >= 0.3 is 10.2 Å². The van der Waals surface area contributed by atoms with Crippen LogP contribution in [0.4, 0.5) is 11.5 Å². The Morgan fingerprint density at radius 1 is 1.29 bits per heavy atom. The molecule has 0 radical (unpaired) electrons. The number of anilines is 2. The lowest BCUT2D eigenvalue weighted by molar-refractivity contribution is 0.0880. The van der Waals surface area contributed by atoms with Gasteiger partial charge in [-0.25, -0.2) is 4.98 Å². The molecule has 0 unspecified atom stereocenters. The first-order chi connectivity index (χ1) is 14.6. The lowest BCUT2D eigenvalue weighted by Gasteiger charge is -2.27. The molecule has 2 heterocycles. The second-order valence-corrected chi connectivity index (χ2v) is 9.05. The first kappa shape index (κ1) is 22.3. The highest BCUT2D eigenvalue weighted by molar-refractivity contribution is 7.91. The maximum Gasteiger partial charge on any atom is 0.344 e. The quantitative estimate of drug-likeness (QED) is 0.484. The summed E-state index contributed by atoms with van der Waals surface area (Å²) in [6.07, 6.45) is 2.53. The number of nitrogens with two attached hydrogens (primary N) is 1. The van der Waals surface area contributed by atoms with Crippen LogP contribution < -0.4 is 25.8 Å². The van der Waals surface area contributed by atoms with E-state index in [-0.39, 0.29) is 24.0 Å². The molecule has 0 aliphatic carbocycles. The van der Waals surface area contributed by atoms with Crippen LogP contribution in [0.1, 0.15) is 43.1 Å². The Morgan fingerprint density at radius 3 is 2.81 bits per heavy atom. The van der Waals surface area contributed by atoms with Crippen molar-refractivity contribution < 1.29 is 17.9 Å². The van der Waals surface area contributed by atoms with Crippen LogP contribution in [0.25, 0.3) is 0 Å². The van der Waals surface area contributed by atoms with Gasteiger partial charge in [-0.2, -0.15) is 8.42 Å². The van der Waals surface area contributed by atoms with Crippen molar-refractivity contribution in [2.45, 2.75) is 32.7 Å². The Labute approximate surface area is 181 Å². The van der Waals surface area contributed by atoms with Gasteiger partial charge in [-0.05, 0) is 44.5 Å². The predicted molar refractivity (Wildman–Crippen MR) is 120 cm³/mol. The van der Waals surface area contributed by atoms with E-state index in [1.54, 1.807) is 36.5 Å². The van der Waals surface area contributed by atoms with Gasteiger partial charge in [-0.3, -0.25) is 9.52 Å². The molecule has 3 rings (SSSR count). The molecular weight excluding hydrogens is 420 g/mol. The molecule has 1 aromatic heterocycles. The van der Waals surface area contributed by atoms with Gasteiger partial charge in [0.25, 0.3) is 5.91 Å². The highest BCUT2D eigenvalue weighted by Gasteiger charge is 2.27. The van der Waals surface area contributed by atoms with E-state index in [4.69, 9.17) is 10.5 Å². The first-order valence-corrected chi connectivity index (χ1v) is 11.2. The zero-order chi connectivity index (χ0) is 22.6. The van der Waals surface area contributed by atoms with Crippen molar-refractivity contribution in [1.82, 2.24) is 10.3 Å². The smallest absolute Gasteiger partial charge is 0.344 e. The lowest BCUT2D eigenvalue weighted by Crippen LogP contribution is -2.48. The van der Waals surface area contributed by atoms with Gasteiger partial charge in [0.1, 0.15) is 18.2 Å². The number of hydrogen-bond donors (Lipinski definition) is 4. The van der Waals surface area contributed by atoms with Gasteiger partial charge in [0, 0.05) is 18.3 Å². The molecule has 1 aromatic carbocycles. The number of nitrogens with zero attached hydrogens (tertiary/aromatic N) is 2. The molecule has 0 saturated carbocycles. The summed E-state index contributed by atoms with van der Waals surface area (Å²) >= 11 is 0. The van der Waals surface area contributed by atoms with Crippen molar-refractivity contribution in [2.75, 3.05) is 23.2 Å². The highest BCUT2D eigenvalue weighted by atomic mass is 32.2. The predicted octanol–water partition coefficient (Wildman–Crippen LogP) is 1.87. The van der Waals surface area contributed by atoms with E-state index >= 15 is 0 Å². The maximum absolute atomic E-state index is 12.7. The van der Waals surface area contributed by atoms with Crippen LogP contribution in [0.3, 0.4) is 0 Å². The molecule has 0 spiro atoms. The van der Waals surface area contributed by atoms with Crippen molar-refractivity contribution in [2.24, 2.45) is 10.1 Å². The van der Waals surface area contributed by atoms with E-state index in [1.165, 1.54) is 0 Å². The standard InChI is InChI=1S/C20H26N6O4S/c1-4-9-22-16-11-13(8-10-23-16)19(27)24-20(2,3)12-30-15-7-5-6-14-17(15)18(21)26-31(28,29)25-14/h5-8,10-11,25H,4,9,12H2,1-3H3,(H2,21,26)(H,22,23)(H,24,27). The summed E-state index contributed by atoms with van der Waals surface area (Å²) in [5, 5.41) is 6.09. The lowest BCUT2D eigenvalue weighted by atomic mass is 10.1. The average molecular weight is 447 g/mol. The maximum atomic E-state index is 12.7. The topological polar surface area (TPSA) is 148 Å². The molecule has 1 amide bonds. The van der Waals surface area contributed by atoms with Crippen molar-refractivity contribution in [3.8, 4) is 5.75 Å². The van der Waals surface area contributed by atoms with Crippen molar-refractivity contribution in [3.63, 3.8) is 0 Å². The number of amidine groups is 1. The van der Waals surface area contributed by atoms with Crippen LogP contribution in [-0.4, -0.2) is 43.8 Å². The van der Waals surface area contributed by atoms with Crippen molar-refractivity contribution in [1.29, 1.82) is 0 Å². The zero-order valence-corrected chi connectivity index (χ0v) is 18.4. The summed E-state index contributed by atoms with van der Waals surface area (Å²) in [5.41, 5.74) is 6.23. The van der Waals surface area contributed by atoms with Crippen LogP contribution in [-0.2, 0) is 10.2 Å². The fourth-order valence-corrected chi connectivity index (χ4v) is 3.78. The molecule has 0 atom stereocenters. The SMILES string of the molecule is CCCNc1cc(C(=O)NC(C)(C)COc2cccc3c2C(N)=NS(=O)(=O)N3)ccn1. The number of fused-ring (bicyclic) bond motifs is 1. The van der Waals surface area contributed by atoms with Gasteiger partial charge < -0.3 is 21.1 Å². The number of aromatic nitrogens is 1. The van der Waals surface area contributed by atoms with Crippen LogP contribution in [0, 0.1) is 0 Å². The average Bonchev–Trinajstić information content (AvgIpc) is 2.69. The van der Waals surface area contributed by atoms with Gasteiger partial charge in [0.2, 0.25) is 0 Å². The molecule has 10 nitrogen and oxygen atoms in total. The summed E-state index contributed by atoms with van der Waals surface area (Å²) in [6.45, 7) is 6.56. The molecule has 5 N–H and O–H groups in total. The van der Waals surface area contributed by atoms with Crippen LogP contribution >= 0.6 is 0 Å². The Kier molecular flexibility index (Phi) is 6.34. The third kappa shape index (κ3) is 5.63. The Morgan fingerprint density at radius 2 is 2.06 bits per heavy atom. The molecular formula is C20H26N6O4S. The van der Waals surface area contributed by atoms with E-state index in [1.807, 2.05) is 20.8 Å². The molecule has 0 bridgehead atoms. The number of amides is 1. The number of carbonyl (C=O) groups is 1. The highest BCUT2D eigenvalue weighted by Crippen LogP contribution is 2.30. The fraction of sp³-hybridized carbons (Fsp3) is 0.350. The van der Waals surface area contributed by atoms with Crippen molar-refractivity contribution >= 4 is 33.5 Å².